The first-order valence-corrected chi connectivity index (χ1v) is 5.42. The molecule has 0 saturated heterocycles. The van der Waals surface area contributed by atoms with Crippen LogP contribution < -0.4 is 10.1 Å². The summed E-state index contributed by atoms with van der Waals surface area (Å²) in [6.07, 6.45) is 1.82. The minimum absolute atomic E-state index is 0.278. The Morgan fingerprint density at radius 1 is 1.53 bits per heavy atom. The number of ether oxygens (including phenoxy) is 1. The summed E-state index contributed by atoms with van der Waals surface area (Å²) in [6.45, 7) is 1.41. The number of carbonyl (C=O) groups excluding carboxylic acids is 1. The van der Waals surface area contributed by atoms with Gasteiger partial charge >= 0.3 is 0 Å². The lowest BCUT2D eigenvalue weighted by Crippen LogP contribution is -2.19. The Hall–Kier alpha value is -1.16. The van der Waals surface area contributed by atoms with Crippen LogP contribution in [0.1, 0.15) is 11.1 Å². The first-order chi connectivity index (χ1) is 7.25. The van der Waals surface area contributed by atoms with Crippen LogP contribution in [-0.2, 0) is 12.8 Å². The summed E-state index contributed by atoms with van der Waals surface area (Å²) in [5.74, 6) is 0.997. The molecule has 0 aliphatic carbocycles. The Balaban J connectivity index is 1.95. The maximum atomic E-state index is 10.6. The number of nitrogens with one attached hydrogen (secondary N) is 1. The largest absolute Gasteiger partial charge is 0.493 e. The van der Waals surface area contributed by atoms with Gasteiger partial charge in [0, 0.05) is 13.0 Å². The van der Waals surface area contributed by atoms with Gasteiger partial charge in [0.25, 0.3) is 5.24 Å². The molecular weight excluding hydrogens is 210 g/mol. The third-order valence-electron chi connectivity index (χ3n) is 2.44. The molecule has 2 rings (SSSR count). The maximum Gasteiger partial charge on any atom is 0.275 e. The van der Waals surface area contributed by atoms with E-state index in [-0.39, 0.29) is 5.24 Å². The van der Waals surface area contributed by atoms with Crippen molar-refractivity contribution in [1.29, 1.82) is 0 Å². The van der Waals surface area contributed by atoms with Crippen LogP contribution in [0.3, 0.4) is 0 Å². The molecule has 1 heterocycles. The molecule has 15 heavy (non-hydrogen) atoms. The number of hydrogen-bond donors (Lipinski definition) is 2. The monoisotopic (exact) mass is 223 g/mol. The third-order valence-corrected chi connectivity index (χ3v) is 2.60. The van der Waals surface area contributed by atoms with Gasteiger partial charge in [-0.1, -0.05) is 24.8 Å². The second-order valence-electron chi connectivity index (χ2n) is 3.52. The predicted octanol–water partition coefficient (Wildman–Crippen LogP) is 1.80. The van der Waals surface area contributed by atoms with Crippen molar-refractivity contribution in [1.82, 2.24) is 5.32 Å². The van der Waals surface area contributed by atoms with Crippen LogP contribution in [-0.4, -0.2) is 18.4 Å². The summed E-state index contributed by atoms with van der Waals surface area (Å²) in [5, 5.41) is 2.38. The summed E-state index contributed by atoms with van der Waals surface area (Å²) < 4.78 is 5.41. The van der Waals surface area contributed by atoms with Crippen molar-refractivity contribution in [2.24, 2.45) is 0 Å². The van der Waals surface area contributed by atoms with Gasteiger partial charge in [0.05, 0.1) is 6.61 Å². The molecule has 0 radical (unpaired) electrons. The minimum atomic E-state index is -0.278. The molecule has 80 valence electrons. The molecule has 1 aliphatic heterocycles. The Morgan fingerprint density at radius 2 is 2.40 bits per heavy atom. The zero-order valence-corrected chi connectivity index (χ0v) is 9.22. The quantitative estimate of drug-likeness (QED) is 0.767. The number of hydrogen-bond acceptors (Lipinski definition) is 2. The van der Waals surface area contributed by atoms with Gasteiger partial charge < -0.3 is 10.1 Å². The van der Waals surface area contributed by atoms with Crippen molar-refractivity contribution >= 4 is 17.9 Å². The molecule has 4 heteroatoms. The van der Waals surface area contributed by atoms with Crippen LogP contribution in [0.15, 0.2) is 18.2 Å². The zero-order chi connectivity index (χ0) is 10.7. The van der Waals surface area contributed by atoms with Crippen molar-refractivity contribution in [3.05, 3.63) is 29.3 Å². The summed E-state index contributed by atoms with van der Waals surface area (Å²) in [4.78, 5) is 10.6. The Morgan fingerprint density at radius 3 is 3.20 bits per heavy atom. The predicted molar refractivity (Wildman–Crippen MR) is 61.7 cm³/mol. The van der Waals surface area contributed by atoms with E-state index in [0.717, 1.165) is 25.2 Å². The molecule has 0 unspecified atom stereocenters. The van der Waals surface area contributed by atoms with Crippen LogP contribution in [0.2, 0.25) is 0 Å². The molecule has 0 fully saturated rings. The van der Waals surface area contributed by atoms with Crippen molar-refractivity contribution in [3.8, 4) is 5.75 Å². The molecule has 1 aromatic rings. The van der Waals surface area contributed by atoms with Gasteiger partial charge in [0.2, 0.25) is 0 Å². The van der Waals surface area contributed by atoms with E-state index in [0.29, 0.717) is 6.54 Å². The van der Waals surface area contributed by atoms with E-state index in [9.17, 15) is 4.79 Å². The molecule has 0 bridgehead atoms. The van der Waals surface area contributed by atoms with E-state index in [2.05, 4.69) is 24.0 Å². The van der Waals surface area contributed by atoms with Crippen LogP contribution in [0, 0.1) is 0 Å². The molecule has 1 N–H and O–H groups in total. The van der Waals surface area contributed by atoms with Gasteiger partial charge in [-0.25, -0.2) is 0 Å². The molecule has 1 amide bonds. The van der Waals surface area contributed by atoms with E-state index in [4.69, 9.17) is 4.74 Å². The molecule has 1 aliphatic rings. The number of rotatable bonds is 3. The van der Waals surface area contributed by atoms with Crippen molar-refractivity contribution in [2.45, 2.75) is 12.8 Å². The molecule has 0 aromatic heterocycles. The smallest absolute Gasteiger partial charge is 0.275 e. The highest BCUT2D eigenvalue weighted by atomic mass is 32.1. The van der Waals surface area contributed by atoms with Gasteiger partial charge in [-0.05, 0) is 23.6 Å². The third kappa shape index (κ3) is 2.65. The normalized spacial score (nSPS) is 13.1. The lowest BCUT2D eigenvalue weighted by molar-refractivity contribution is 0.261. The number of carbonyl (C=O) groups is 1. The van der Waals surface area contributed by atoms with Gasteiger partial charge in [-0.15, -0.1) is 0 Å². The van der Waals surface area contributed by atoms with Crippen LogP contribution in [0.5, 0.6) is 5.75 Å². The lowest BCUT2D eigenvalue weighted by Gasteiger charge is -2.04. The second-order valence-corrected chi connectivity index (χ2v) is 3.93. The van der Waals surface area contributed by atoms with Crippen LogP contribution in [0.4, 0.5) is 4.79 Å². The summed E-state index contributed by atoms with van der Waals surface area (Å²) >= 11 is 3.64. The minimum Gasteiger partial charge on any atom is -0.493 e. The number of benzene rings is 1. The van der Waals surface area contributed by atoms with E-state index < -0.39 is 0 Å². The van der Waals surface area contributed by atoms with Gasteiger partial charge in [-0.3, -0.25) is 4.79 Å². The summed E-state index contributed by atoms with van der Waals surface area (Å²) in [6, 6.07) is 6.18. The van der Waals surface area contributed by atoms with E-state index >= 15 is 0 Å². The van der Waals surface area contributed by atoms with Crippen LogP contribution >= 0.6 is 12.6 Å². The average Bonchev–Trinajstić information content (AvgIpc) is 2.64. The van der Waals surface area contributed by atoms with E-state index in [1.807, 2.05) is 12.1 Å². The summed E-state index contributed by atoms with van der Waals surface area (Å²) in [5.41, 5.74) is 2.49. The highest BCUT2D eigenvalue weighted by molar-refractivity contribution is 7.96. The number of amides is 1. The molecule has 0 saturated carbocycles. The lowest BCUT2D eigenvalue weighted by atomic mass is 10.1. The van der Waals surface area contributed by atoms with Gasteiger partial charge in [0.15, 0.2) is 0 Å². The maximum absolute atomic E-state index is 10.6. The second kappa shape index (κ2) is 4.57. The number of thiol groups is 1. The fraction of sp³-hybridized carbons (Fsp3) is 0.364. The highest BCUT2D eigenvalue weighted by Gasteiger charge is 2.11. The molecular formula is C11H13NO2S. The fourth-order valence-electron chi connectivity index (χ4n) is 1.71. The van der Waals surface area contributed by atoms with Gasteiger partial charge in [0.1, 0.15) is 5.75 Å². The average molecular weight is 223 g/mol. The van der Waals surface area contributed by atoms with E-state index in [1.54, 1.807) is 0 Å². The van der Waals surface area contributed by atoms with Gasteiger partial charge in [-0.2, -0.15) is 0 Å². The van der Waals surface area contributed by atoms with Crippen molar-refractivity contribution in [3.63, 3.8) is 0 Å². The molecule has 1 aromatic carbocycles. The van der Waals surface area contributed by atoms with Crippen LogP contribution in [0.25, 0.3) is 0 Å². The number of fused-ring (bicyclic) bond motifs is 1. The van der Waals surface area contributed by atoms with Crippen molar-refractivity contribution < 1.29 is 9.53 Å². The van der Waals surface area contributed by atoms with E-state index in [1.165, 1.54) is 11.1 Å². The Kier molecular flexibility index (Phi) is 3.16. The van der Waals surface area contributed by atoms with Crippen molar-refractivity contribution in [2.75, 3.05) is 13.2 Å². The molecule has 0 spiro atoms. The topological polar surface area (TPSA) is 38.3 Å². The Labute approximate surface area is 94.2 Å². The molecule has 0 atom stereocenters. The first-order valence-electron chi connectivity index (χ1n) is 4.97. The fourth-order valence-corrected chi connectivity index (χ4v) is 1.82. The Bertz CT molecular complexity index is 379. The first kappa shape index (κ1) is 10.4. The molecule has 3 nitrogen and oxygen atoms in total. The summed E-state index contributed by atoms with van der Waals surface area (Å²) in [7, 11) is 0. The standard InChI is InChI=1S/C11H13NO2S/c13-11(15)12-5-3-8-1-2-10-9(7-8)4-6-14-10/h1-2,7H,3-6H2,(H2,12,13,15). The highest BCUT2D eigenvalue weighted by Crippen LogP contribution is 2.25. The SMILES string of the molecule is O=C(S)NCCc1ccc2c(c1)CCO2. The zero-order valence-electron chi connectivity index (χ0n) is 8.32.